The van der Waals surface area contributed by atoms with Crippen LogP contribution in [0.15, 0.2) is 48.5 Å². The standard InChI is InChI=1S/C24H35N5O2/c1-7-25-24(31)29(18(4)19-11-9-8-10-12-19)16-20-15-21(13-14-22(20)28(5)6)27-23(30)26-17(2)3/h8-15,17-18H,7,16H2,1-6H3,(H,25,31)(H2,26,27,30)/t18-/m0/s1. The van der Waals surface area contributed by atoms with E-state index in [-0.39, 0.29) is 24.1 Å². The maximum atomic E-state index is 12.9. The molecular formula is C24H35N5O2. The largest absolute Gasteiger partial charge is 0.377 e. The minimum Gasteiger partial charge on any atom is -0.377 e. The van der Waals surface area contributed by atoms with E-state index in [1.54, 1.807) is 0 Å². The Balaban J connectivity index is 2.37. The van der Waals surface area contributed by atoms with Gasteiger partial charge in [-0.25, -0.2) is 9.59 Å². The molecule has 4 amide bonds. The van der Waals surface area contributed by atoms with Crippen LogP contribution in [0, 0.1) is 0 Å². The Morgan fingerprint density at radius 1 is 1.00 bits per heavy atom. The highest BCUT2D eigenvalue weighted by Crippen LogP contribution is 2.28. The molecule has 168 valence electrons. The van der Waals surface area contributed by atoms with Crippen molar-refractivity contribution < 1.29 is 9.59 Å². The molecule has 7 heteroatoms. The molecule has 0 aromatic heterocycles. The number of carbonyl (C=O) groups excluding carboxylic acids is 2. The van der Waals surface area contributed by atoms with E-state index >= 15 is 0 Å². The van der Waals surface area contributed by atoms with Crippen molar-refractivity contribution in [2.75, 3.05) is 30.9 Å². The van der Waals surface area contributed by atoms with Gasteiger partial charge in [-0.1, -0.05) is 30.3 Å². The van der Waals surface area contributed by atoms with Crippen molar-refractivity contribution >= 4 is 23.4 Å². The summed E-state index contributed by atoms with van der Waals surface area (Å²) in [6, 6.07) is 15.3. The minimum absolute atomic E-state index is 0.0421. The Labute approximate surface area is 185 Å². The van der Waals surface area contributed by atoms with Crippen molar-refractivity contribution in [3.63, 3.8) is 0 Å². The zero-order valence-corrected chi connectivity index (χ0v) is 19.4. The van der Waals surface area contributed by atoms with Gasteiger partial charge in [0.2, 0.25) is 0 Å². The fourth-order valence-corrected chi connectivity index (χ4v) is 3.39. The smallest absolute Gasteiger partial charge is 0.319 e. The second-order valence-corrected chi connectivity index (χ2v) is 8.04. The second kappa shape index (κ2) is 11.2. The van der Waals surface area contributed by atoms with Crippen LogP contribution in [-0.4, -0.2) is 43.6 Å². The van der Waals surface area contributed by atoms with Crippen molar-refractivity contribution in [3.05, 3.63) is 59.7 Å². The summed E-state index contributed by atoms with van der Waals surface area (Å²) < 4.78 is 0. The van der Waals surface area contributed by atoms with Crippen LogP contribution >= 0.6 is 0 Å². The van der Waals surface area contributed by atoms with Gasteiger partial charge in [-0.3, -0.25) is 0 Å². The lowest BCUT2D eigenvalue weighted by Gasteiger charge is -2.31. The Bertz CT molecular complexity index is 868. The first-order valence-corrected chi connectivity index (χ1v) is 10.7. The third-order valence-electron chi connectivity index (χ3n) is 4.92. The van der Waals surface area contributed by atoms with Crippen LogP contribution in [-0.2, 0) is 6.54 Å². The van der Waals surface area contributed by atoms with E-state index in [1.807, 2.05) is 100 Å². The van der Waals surface area contributed by atoms with Crippen molar-refractivity contribution in [3.8, 4) is 0 Å². The molecule has 2 aromatic rings. The fraction of sp³-hybridized carbons (Fsp3) is 0.417. The molecular weight excluding hydrogens is 390 g/mol. The molecule has 0 aliphatic rings. The highest BCUT2D eigenvalue weighted by Gasteiger charge is 2.23. The first-order valence-electron chi connectivity index (χ1n) is 10.7. The number of rotatable bonds is 8. The summed E-state index contributed by atoms with van der Waals surface area (Å²) in [4.78, 5) is 28.9. The molecule has 0 heterocycles. The van der Waals surface area contributed by atoms with Gasteiger partial charge in [-0.2, -0.15) is 0 Å². The summed E-state index contributed by atoms with van der Waals surface area (Å²) >= 11 is 0. The lowest BCUT2D eigenvalue weighted by atomic mass is 10.0. The number of anilines is 2. The maximum absolute atomic E-state index is 12.9. The molecule has 0 saturated carbocycles. The van der Waals surface area contributed by atoms with Crippen molar-refractivity contribution in [1.82, 2.24) is 15.5 Å². The third-order valence-corrected chi connectivity index (χ3v) is 4.92. The first-order chi connectivity index (χ1) is 14.7. The molecule has 0 aliphatic heterocycles. The van der Waals surface area contributed by atoms with Crippen molar-refractivity contribution in [1.29, 1.82) is 0 Å². The molecule has 0 spiro atoms. The van der Waals surface area contributed by atoms with Crippen LogP contribution in [0.25, 0.3) is 0 Å². The minimum atomic E-state index is -0.253. The molecule has 3 N–H and O–H groups in total. The van der Waals surface area contributed by atoms with Crippen molar-refractivity contribution in [2.24, 2.45) is 0 Å². The average molecular weight is 426 g/mol. The molecule has 0 unspecified atom stereocenters. The predicted octanol–water partition coefficient (Wildman–Crippen LogP) is 4.58. The number of nitrogens with zero attached hydrogens (tertiary/aromatic N) is 2. The molecule has 0 saturated heterocycles. The maximum Gasteiger partial charge on any atom is 0.319 e. The number of hydrogen-bond donors (Lipinski definition) is 3. The van der Waals surface area contributed by atoms with E-state index in [9.17, 15) is 9.59 Å². The summed E-state index contributed by atoms with van der Waals surface area (Å²) in [5, 5.41) is 8.64. The van der Waals surface area contributed by atoms with E-state index < -0.39 is 0 Å². The topological polar surface area (TPSA) is 76.7 Å². The summed E-state index contributed by atoms with van der Waals surface area (Å²) in [5.41, 5.74) is 3.68. The third kappa shape index (κ3) is 6.91. The van der Waals surface area contributed by atoms with Gasteiger partial charge in [-0.15, -0.1) is 0 Å². The molecule has 2 aromatic carbocycles. The normalized spacial score (nSPS) is 11.6. The lowest BCUT2D eigenvalue weighted by Crippen LogP contribution is -2.41. The van der Waals surface area contributed by atoms with Gasteiger partial charge in [0, 0.05) is 38.1 Å². The average Bonchev–Trinajstić information content (AvgIpc) is 2.71. The zero-order chi connectivity index (χ0) is 23.0. The van der Waals surface area contributed by atoms with Gasteiger partial charge in [0.15, 0.2) is 0 Å². The second-order valence-electron chi connectivity index (χ2n) is 8.04. The van der Waals surface area contributed by atoms with E-state index in [0.717, 1.165) is 16.8 Å². The van der Waals surface area contributed by atoms with Crippen LogP contribution in [0.3, 0.4) is 0 Å². The Morgan fingerprint density at radius 2 is 1.68 bits per heavy atom. The molecule has 0 bridgehead atoms. The van der Waals surface area contributed by atoms with Gasteiger partial charge in [0.1, 0.15) is 0 Å². The Kier molecular flexibility index (Phi) is 8.73. The van der Waals surface area contributed by atoms with Crippen LogP contribution in [0.2, 0.25) is 0 Å². The fourth-order valence-electron chi connectivity index (χ4n) is 3.39. The number of urea groups is 2. The van der Waals surface area contributed by atoms with Crippen LogP contribution in [0.1, 0.15) is 44.9 Å². The Morgan fingerprint density at radius 3 is 2.26 bits per heavy atom. The molecule has 7 nitrogen and oxygen atoms in total. The van der Waals surface area contributed by atoms with E-state index in [1.165, 1.54) is 0 Å². The van der Waals surface area contributed by atoms with E-state index in [0.29, 0.717) is 18.8 Å². The summed E-state index contributed by atoms with van der Waals surface area (Å²) in [7, 11) is 3.93. The first kappa shape index (κ1) is 24.1. The zero-order valence-electron chi connectivity index (χ0n) is 19.4. The molecule has 1 atom stereocenters. The highest BCUT2D eigenvalue weighted by atomic mass is 16.2. The van der Waals surface area contributed by atoms with Crippen molar-refractivity contribution in [2.45, 2.75) is 46.3 Å². The van der Waals surface area contributed by atoms with Gasteiger partial charge < -0.3 is 25.8 Å². The Hall–Kier alpha value is -3.22. The van der Waals surface area contributed by atoms with Crippen LogP contribution in [0.5, 0.6) is 0 Å². The molecule has 0 aliphatic carbocycles. The highest BCUT2D eigenvalue weighted by molar-refractivity contribution is 5.90. The predicted molar refractivity (Wildman–Crippen MR) is 128 cm³/mol. The summed E-state index contributed by atoms with van der Waals surface area (Å²) in [6.45, 7) is 8.71. The van der Waals surface area contributed by atoms with Gasteiger partial charge >= 0.3 is 12.1 Å². The summed E-state index contributed by atoms with van der Waals surface area (Å²) in [5.74, 6) is 0. The van der Waals surface area contributed by atoms with Crippen LogP contribution < -0.4 is 20.9 Å². The molecule has 0 radical (unpaired) electrons. The van der Waals surface area contributed by atoms with Gasteiger partial charge in [0.05, 0.1) is 12.6 Å². The molecule has 31 heavy (non-hydrogen) atoms. The molecule has 2 rings (SSSR count). The SMILES string of the molecule is CCNC(=O)N(Cc1cc(NC(=O)NC(C)C)ccc1N(C)C)[C@@H](C)c1ccccc1. The van der Waals surface area contributed by atoms with E-state index in [2.05, 4.69) is 16.0 Å². The van der Waals surface area contributed by atoms with Gasteiger partial charge in [-0.05, 0) is 57.0 Å². The number of nitrogens with one attached hydrogen (secondary N) is 3. The number of amides is 4. The number of carbonyl (C=O) groups is 2. The van der Waals surface area contributed by atoms with E-state index in [4.69, 9.17) is 0 Å². The number of hydrogen-bond acceptors (Lipinski definition) is 3. The lowest BCUT2D eigenvalue weighted by molar-refractivity contribution is 0.176. The number of benzene rings is 2. The molecule has 0 fully saturated rings. The monoisotopic (exact) mass is 425 g/mol. The van der Waals surface area contributed by atoms with Crippen LogP contribution in [0.4, 0.5) is 21.0 Å². The van der Waals surface area contributed by atoms with Gasteiger partial charge in [0.25, 0.3) is 0 Å². The quantitative estimate of drug-likeness (QED) is 0.580. The summed E-state index contributed by atoms with van der Waals surface area (Å²) in [6.07, 6.45) is 0.